The van der Waals surface area contributed by atoms with Crippen molar-refractivity contribution >= 4 is 41.4 Å². The van der Waals surface area contributed by atoms with Crippen molar-refractivity contribution < 1.29 is 29.4 Å². The number of carbonyl (C=O) groups is 4. The SMILES string of the molecule is CSCCC(NC(=O)C(N)CCCN=C(N)N)C(=O)NC(Cc1ccc(O)cc1)C(=O)NC(C)C(=O)O. The van der Waals surface area contributed by atoms with Gasteiger partial charge in [-0.25, -0.2) is 0 Å². The Morgan fingerprint density at radius 1 is 0.973 bits per heavy atom. The molecule has 1 aromatic rings. The molecule has 0 saturated heterocycles. The van der Waals surface area contributed by atoms with Crippen molar-refractivity contribution in [3.05, 3.63) is 29.8 Å². The van der Waals surface area contributed by atoms with Crippen LogP contribution in [0.25, 0.3) is 0 Å². The maximum Gasteiger partial charge on any atom is 0.325 e. The number of thioether (sulfide) groups is 1. The maximum atomic E-state index is 13.2. The van der Waals surface area contributed by atoms with Gasteiger partial charge >= 0.3 is 5.97 Å². The lowest BCUT2D eigenvalue weighted by molar-refractivity contribution is -0.141. The summed E-state index contributed by atoms with van der Waals surface area (Å²) in [6, 6.07) is 1.83. The van der Waals surface area contributed by atoms with Crippen LogP contribution in [0.1, 0.15) is 31.7 Å². The fraction of sp³-hybridized carbons (Fsp3) is 0.522. The number of rotatable bonds is 16. The van der Waals surface area contributed by atoms with E-state index in [4.69, 9.17) is 22.3 Å². The van der Waals surface area contributed by atoms with Crippen molar-refractivity contribution in [2.45, 2.75) is 56.8 Å². The summed E-state index contributed by atoms with van der Waals surface area (Å²) in [6.45, 7) is 1.61. The molecule has 37 heavy (non-hydrogen) atoms. The van der Waals surface area contributed by atoms with Gasteiger partial charge in [-0.1, -0.05) is 12.1 Å². The molecular weight excluding hydrogens is 502 g/mol. The molecule has 0 spiro atoms. The lowest BCUT2D eigenvalue weighted by atomic mass is 10.0. The zero-order valence-electron chi connectivity index (χ0n) is 21.0. The van der Waals surface area contributed by atoms with Crippen LogP contribution in [0.5, 0.6) is 5.75 Å². The van der Waals surface area contributed by atoms with Gasteiger partial charge in [-0.15, -0.1) is 0 Å². The molecule has 14 heteroatoms. The van der Waals surface area contributed by atoms with Gasteiger partial charge < -0.3 is 43.4 Å². The highest BCUT2D eigenvalue weighted by atomic mass is 32.2. The highest BCUT2D eigenvalue weighted by Gasteiger charge is 2.29. The van der Waals surface area contributed by atoms with Crippen molar-refractivity contribution in [1.82, 2.24) is 16.0 Å². The second kappa shape index (κ2) is 16.3. The average molecular weight is 540 g/mol. The van der Waals surface area contributed by atoms with Crippen molar-refractivity contribution in [3.8, 4) is 5.75 Å². The normalized spacial score (nSPS) is 13.9. The summed E-state index contributed by atoms with van der Waals surface area (Å²) in [4.78, 5) is 53.7. The van der Waals surface area contributed by atoms with Crippen molar-refractivity contribution in [2.24, 2.45) is 22.2 Å². The largest absolute Gasteiger partial charge is 0.508 e. The Morgan fingerprint density at radius 2 is 1.57 bits per heavy atom. The van der Waals surface area contributed by atoms with E-state index in [9.17, 15) is 24.3 Å². The maximum absolute atomic E-state index is 13.2. The van der Waals surface area contributed by atoms with Crippen LogP contribution in [0.4, 0.5) is 0 Å². The first-order valence-electron chi connectivity index (χ1n) is 11.7. The molecule has 0 heterocycles. The predicted octanol–water partition coefficient (Wildman–Crippen LogP) is -1.37. The molecule has 0 aromatic heterocycles. The van der Waals surface area contributed by atoms with Crippen LogP contribution in [0.15, 0.2) is 29.3 Å². The number of phenols is 1. The number of carboxylic acid groups (broad SMARTS) is 1. The molecule has 0 aliphatic heterocycles. The van der Waals surface area contributed by atoms with E-state index in [0.717, 1.165) is 0 Å². The van der Waals surface area contributed by atoms with Crippen LogP contribution in [-0.4, -0.2) is 82.6 Å². The van der Waals surface area contributed by atoms with Gasteiger partial charge in [0.2, 0.25) is 17.7 Å². The first-order chi connectivity index (χ1) is 17.4. The van der Waals surface area contributed by atoms with Crippen molar-refractivity contribution in [3.63, 3.8) is 0 Å². The number of carbonyl (C=O) groups excluding carboxylic acids is 3. The number of aliphatic carboxylic acids is 1. The molecule has 1 rings (SSSR count). The number of aliphatic imine (C=N–C) groups is 1. The first-order valence-corrected chi connectivity index (χ1v) is 13.1. The summed E-state index contributed by atoms with van der Waals surface area (Å²) in [6.07, 6.45) is 2.90. The highest BCUT2D eigenvalue weighted by molar-refractivity contribution is 7.98. The van der Waals surface area contributed by atoms with Gasteiger partial charge in [0.15, 0.2) is 5.96 Å². The predicted molar refractivity (Wildman–Crippen MR) is 142 cm³/mol. The van der Waals surface area contributed by atoms with E-state index in [1.165, 1.54) is 30.8 Å². The Hall–Kier alpha value is -3.52. The minimum Gasteiger partial charge on any atom is -0.508 e. The molecule has 0 aliphatic rings. The standard InChI is InChI=1S/C23H37N7O6S/c1-13(22(35)36)28-21(34)18(12-14-5-7-15(31)8-6-14)30-20(33)17(9-11-37-2)29-19(32)16(24)4-3-10-27-23(25)26/h5-8,13,16-18,31H,3-4,9-12,24H2,1-2H3,(H,28,34)(H,29,32)(H,30,33)(H,35,36)(H4,25,26,27). The second-order valence-electron chi connectivity index (χ2n) is 8.40. The molecule has 1 aromatic carbocycles. The van der Waals surface area contributed by atoms with Crippen LogP contribution in [0.2, 0.25) is 0 Å². The number of aromatic hydroxyl groups is 1. The van der Waals surface area contributed by atoms with Crippen LogP contribution in [0.3, 0.4) is 0 Å². The number of phenolic OH excluding ortho intramolecular Hbond substituents is 1. The summed E-state index contributed by atoms with van der Waals surface area (Å²) in [5.74, 6) is -2.58. The Bertz CT molecular complexity index is 940. The third-order valence-corrected chi connectivity index (χ3v) is 5.93. The number of nitrogens with zero attached hydrogens (tertiary/aromatic N) is 1. The minimum absolute atomic E-state index is 0.0255. The number of guanidine groups is 1. The second-order valence-corrected chi connectivity index (χ2v) is 9.38. The van der Waals surface area contributed by atoms with E-state index < -0.39 is 47.9 Å². The van der Waals surface area contributed by atoms with Gasteiger partial charge in [-0.2, -0.15) is 11.8 Å². The summed E-state index contributed by atoms with van der Waals surface area (Å²) in [5.41, 5.74) is 17.1. The van der Waals surface area contributed by atoms with Crippen LogP contribution >= 0.6 is 11.8 Å². The van der Waals surface area contributed by atoms with Crippen LogP contribution < -0.4 is 33.2 Å². The molecule has 0 radical (unpaired) electrons. The Kier molecular flexibility index (Phi) is 13.9. The third-order valence-electron chi connectivity index (χ3n) is 5.29. The van der Waals surface area contributed by atoms with Gasteiger partial charge in [0.1, 0.15) is 23.9 Å². The zero-order valence-corrected chi connectivity index (χ0v) is 21.8. The quantitative estimate of drug-likeness (QED) is 0.0696. The molecule has 0 saturated carbocycles. The van der Waals surface area contributed by atoms with E-state index >= 15 is 0 Å². The molecule has 0 fully saturated rings. The van der Waals surface area contributed by atoms with E-state index in [1.807, 2.05) is 6.26 Å². The number of amides is 3. The monoisotopic (exact) mass is 539 g/mol. The van der Waals surface area contributed by atoms with Crippen LogP contribution in [-0.2, 0) is 25.6 Å². The molecule has 4 unspecified atom stereocenters. The van der Waals surface area contributed by atoms with E-state index in [-0.39, 0.29) is 24.6 Å². The van der Waals surface area contributed by atoms with Gasteiger partial charge in [0.25, 0.3) is 0 Å². The molecule has 11 N–H and O–H groups in total. The smallest absolute Gasteiger partial charge is 0.325 e. The lowest BCUT2D eigenvalue weighted by Gasteiger charge is -2.25. The van der Waals surface area contributed by atoms with E-state index in [1.54, 1.807) is 12.1 Å². The van der Waals surface area contributed by atoms with Gasteiger partial charge in [-0.05, 0) is 55.9 Å². The molecule has 0 aliphatic carbocycles. The van der Waals surface area contributed by atoms with E-state index in [2.05, 4.69) is 20.9 Å². The first kappa shape index (κ1) is 31.5. The van der Waals surface area contributed by atoms with E-state index in [0.29, 0.717) is 30.7 Å². The molecule has 3 amide bonds. The van der Waals surface area contributed by atoms with Gasteiger partial charge in [0.05, 0.1) is 6.04 Å². The lowest BCUT2D eigenvalue weighted by Crippen LogP contribution is -2.57. The van der Waals surface area contributed by atoms with Gasteiger partial charge in [0, 0.05) is 13.0 Å². The fourth-order valence-corrected chi connectivity index (χ4v) is 3.63. The topological polar surface area (TPSA) is 235 Å². The average Bonchev–Trinajstić information content (AvgIpc) is 2.84. The third kappa shape index (κ3) is 12.3. The highest BCUT2D eigenvalue weighted by Crippen LogP contribution is 2.12. The molecule has 0 bridgehead atoms. The number of benzene rings is 1. The molecule has 206 valence electrons. The Balaban J connectivity index is 2.97. The number of hydrogen-bond donors (Lipinski definition) is 8. The zero-order chi connectivity index (χ0) is 28.0. The number of nitrogens with two attached hydrogens (primary N) is 3. The Labute approximate surface area is 220 Å². The molecular formula is C23H37N7O6S. The number of carboxylic acids is 1. The molecule has 13 nitrogen and oxygen atoms in total. The summed E-state index contributed by atoms with van der Waals surface area (Å²) in [5, 5.41) is 26.3. The Morgan fingerprint density at radius 3 is 2.14 bits per heavy atom. The van der Waals surface area contributed by atoms with Gasteiger partial charge in [-0.3, -0.25) is 24.2 Å². The number of nitrogens with one attached hydrogen (secondary N) is 3. The van der Waals surface area contributed by atoms with Crippen molar-refractivity contribution in [1.29, 1.82) is 0 Å². The fourth-order valence-electron chi connectivity index (χ4n) is 3.16. The summed E-state index contributed by atoms with van der Waals surface area (Å²) < 4.78 is 0. The number of hydrogen-bond acceptors (Lipinski definition) is 8. The summed E-state index contributed by atoms with van der Waals surface area (Å²) >= 11 is 1.47. The molecule has 4 atom stereocenters. The van der Waals surface area contributed by atoms with Crippen LogP contribution in [0, 0.1) is 0 Å². The summed E-state index contributed by atoms with van der Waals surface area (Å²) in [7, 11) is 0. The minimum atomic E-state index is -1.23. The van der Waals surface area contributed by atoms with Crippen molar-refractivity contribution in [2.75, 3.05) is 18.6 Å².